The molecule has 0 bridgehead atoms. The van der Waals surface area contributed by atoms with E-state index in [4.69, 9.17) is 0 Å². The molecule has 1 fully saturated rings. The molecule has 2 aromatic heterocycles. The minimum atomic E-state index is -0.719. The molecule has 1 aliphatic rings. The van der Waals surface area contributed by atoms with Crippen LogP contribution in [-0.2, 0) is 4.79 Å². The zero-order valence-electron chi connectivity index (χ0n) is 12.4. The van der Waals surface area contributed by atoms with Crippen molar-refractivity contribution >= 4 is 17.3 Å². The molecule has 3 rings (SSSR count). The lowest BCUT2D eigenvalue weighted by Crippen LogP contribution is -2.39. The first kappa shape index (κ1) is 13.9. The van der Waals surface area contributed by atoms with E-state index in [2.05, 4.69) is 34.9 Å². The van der Waals surface area contributed by atoms with Crippen LogP contribution < -0.4 is 4.90 Å². The average Bonchev–Trinajstić information content (AvgIpc) is 2.91. The molecule has 0 aliphatic carbocycles. The van der Waals surface area contributed by atoms with Crippen LogP contribution in [0.5, 0.6) is 0 Å². The number of hydrogen-bond acceptors (Lipinski definition) is 4. The molecule has 1 saturated heterocycles. The zero-order valence-corrected chi connectivity index (χ0v) is 12.4. The first-order valence-corrected chi connectivity index (χ1v) is 7.38. The number of aliphatic carboxylic acids is 1. The number of nitrogens with zero attached hydrogens (tertiary/aromatic N) is 4. The second-order valence-electron chi connectivity index (χ2n) is 5.93. The Kier molecular flexibility index (Phi) is 3.53. The summed E-state index contributed by atoms with van der Waals surface area (Å²) in [6.45, 7) is 5.58. The summed E-state index contributed by atoms with van der Waals surface area (Å²) in [7, 11) is 0. The number of anilines is 1. The predicted octanol–water partition coefficient (Wildman–Crippen LogP) is 2.15. The Morgan fingerprint density at radius 1 is 1.48 bits per heavy atom. The second-order valence-corrected chi connectivity index (χ2v) is 5.93. The van der Waals surface area contributed by atoms with Crippen molar-refractivity contribution in [2.24, 2.45) is 5.92 Å². The fourth-order valence-corrected chi connectivity index (χ4v) is 2.82. The topological polar surface area (TPSA) is 70.7 Å². The monoisotopic (exact) mass is 288 g/mol. The Labute approximate surface area is 123 Å². The van der Waals surface area contributed by atoms with Gasteiger partial charge >= 0.3 is 5.97 Å². The maximum atomic E-state index is 11.2. The van der Waals surface area contributed by atoms with E-state index in [1.165, 1.54) is 0 Å². The lowest BCUT2D eigenvalue weighted by molar-refractivity contribution is -0.141. The van der Waals surface area contributed by atoms with Crippen LogP contribution in [0.15, 0.2) is 18.5 Å². The van der Waals surface area contributed by atoms with Gasteiger partial charge in [-0.2, -0.15) is 5.10 Å². The van der Waals surface area contributed by atoms with Crippen molar-refractivity contribution in [2.75, 3.05) is 18.0 Å². The van der Waals surface area contributed by atoms with E-state index in [9.17, 15) is 9.90 Å². The number of carboxylic acid groups (broad SMARTS) is 1. The minimum absolute atomic E-state index is 0.312. The number of rotatable bonds is 3. The molecule has 1 unspecified atom stereocenters. The van der Waals surface area contributed by atoms with E-state index in [0.29, 0.717) is 12.5 Å². The largest absolute Gasteiger partial charge is 0.481 e. The van der Waals surface area contributed by atoms with E-state index in [1.54, 1.807) is 6.20 Å². The Morgan fingerprint density at radius 2 is 2.29 bits per heavy atom. The molecule has 2 aromatic rings. The second kappa shape index (κ2) is 5.35. The van der Waals surface area contributed by atoms with Gasteiger partial charge in [-0.1, -0.05) is 13.8 Å². The highest BCUT2D eigenvalue weighted by Crippen LogP contribution is 2.27. The molecule has 0 radical (unpaired) electrons. The Bertz CT molecular complexity index is 665. The molecule has 0 aromatic carbocycles. The highest BCUT2D eigenvalue weighted by molar-refractivity contribution is 5.73. The van der Waals surface area contributed by atoms with Crippen molar-refractivity contribution in [2.45, 2.75) is 32.6 Å². The van der Waals surface area contributed by atoms with Gasteiger partial charge in [0, 0.05) is 25.5 Å². The maximum absolute atomic E-state index is 11.2. The van der Waals surface area contributed by atoms with E-state index in [-0.39, 0.29) is 5.92 Å². The highest BCUT2D eigenvalue weighted by atomic mass is 16.4. The van der Waals surface area contributed by atoms with E-state index >= 15 is 0 Å². The van der Waals surface area contributed by atoms with E-state index in [0.717, 1.165) is 36.4 Å². The smallest absolute Gasteiger partial charge is 0.308 e. The normalized spacial score (nSPS) is 19.4. The summed E-state index contributed by atoms with van der Waals surface area (Å²) in [5.74, 6) is 0.157. The molecule has 0 spiro atoms. The van der Waals surface area contributed by atoms with Gasteiger partial charge in [-0.05, 0) is 24.8 Å². The third kappa shape index (κ3) is 2.57. The lowest BCUT2D eigenvalue weighted by Gasteiger charge is -2.31. The van der Waals surface area contributed by atoms with Gasteiger partial charge in [-0.25, -0.2) is 9.50 Å². The molecule has 0 amide bonds. The predicted molar refractivity (Wildman–Crippen MR) is 79.6 cm³/mol. The summed E-state index contributed by atoms with van der Waals surface area (Å²) >= 11 is 0. The number of piperidine rings is 1. The molecule has 1 atom stereocenters. The first-order valence-electron chi connectivity index (χ1n) is 7.38. The average molecular weight is 288 g/mol. The molecule has 6 nitrogen and oxygen atoms in total. The fourth-order valence-electron chi connectivity index (χ4n) is 2.82. The van der Waals surface area contributed by atoms with E-state index in [1.807, 2.05) is 10.7 Å². The quantitative estimate of drug-likeness (QED) is 0.937. The van der Waals surface area contributed by atoms with Gasteiger partial charge < -0.3 is 10.0 Å². The van der Waals surface area contributed by atoms with Gasteiger partial charge in [0.1, 0.15) is 5.52 Å². The van der Waals surface area contributed by atoms with Crippen LogP contribution in [0, 0.1) is 5.92 Å². The number of carboxylic acids is 1. The first-order chi connectivity index (χ1) is 10.1. The molecular weight excluding hydrogens is 268 g/mol. The number of carbonyl (C=O) groups is 1. The Hall–Kier alpha value is -2.11. The Balaban J connectivity index is 1.97. The summed E-state index contributed by atoms with van der Waals surface area (Å²) in [6.07, 6.45) is 5.18. The Morgan fingerprint density at radius 3 is 3.00 bits per heavy atom. The van der Waals surface area contributed by atoms with Crippen LogP contribution in [0.4, 0.5) is 5.82 Å². The van der Waals surface area contributed by atoms with Crippen LogP contribution in [-0.4, -0.2) is 38.8 Å². The molecule has 21 heavy (non-hydrogen) atoms. The standard InChI is InChI=1S/C15H20N4O2/c1-10(2)12-8-13-14(16-5-7-19(13)17-12)18-6-3-4-11(9-18)15(20)21/h5,7-8,10-11H,3-4,6,9H2,1-2H3,(H,20,21). The summed E-state index contributed by atoms with van der Waals surface area (Å²) < 4.78 is 1.84. The van der Waals surface area contributed by atoms with Gasteiger partial charge in [0.2, 0.25) is 0 Å². The van der Waals surface area contributed by atoms with Crippen LogP contribution in [0.3, 0.4) is 0 Å². The lowest BCUT2D eigenvalue weighted by atomic mass is 9.98. The molecular formula is C15H20N4O2. The number of fused-ring (bicyclic) bond motifs is 1. The molecule has 1 aliphatic heterocycles. The molecule has 1 N–H and O–H groups in total. The molecule has 0 saturated carbocycles. The third-order valence-corrected chi connectivity index (χ3v) is 4.05. The van der Waals surface area contributed by atoms with Crippen molar-refractivity contribution in [3.05, 3.63) is 24.2 Å². The van der Waals surface area contributed by atoms with Gasteiger partial charge in [0.05, 0.1) is 11.6 Å². The van der Waals surface area contributed by atoms with Crippen molar-refractivity contribution in [3.63, 3.8) is 0 Å². The summed E-state index contributed by atoms with van der Waals surface area (Å²) in [4.78, 5) is 17.8. The van der Waals surface area contributed by atoms with Gasteiger partial charge in [-0.3, -0.25) is 4.79 Å². The van der Waals surface area contributed by atoms with Crippen molar-refractivity contribution in [1.29, 1.82) is 0 Å². The zero-order chi connectivity index (χ0) is 15.0. The third-order valence-electron chi connectivity index (χ3n) is 4.05. The van der Waals surface area contributed by atoms with Gasteiger partial charge in [-0.15, -0.1) is 0 Å². The van der Waals surface area contributed by atoms with Crippen molar-refractivity contribution in [1.82, 2.24) is 14.6 Å². The minimum Gasteiger partial charge on any atom is -0.481 e. The summed E-state index contributed by atoms with van der Waals surface area (Å²) in [5, 5.41) is 13.8. The van der Waals surface area contributed by atoms with Crippen LogP contribution >= 0.6 is 0 Å². The number of aromatic nitrogens is 3. The van der Waals surface area contributed by atoms with Crippen LogP contribution in [0.25, 0.3) is 5.52 Å². The van der Waals surface area contributed by atoms with E-state index < -0.39 is 5.97 Å². The van der Waals surface area contributed by atoms with Gasteiger partial charge in [0.25, 0.3) is 0 Å². The SMILES string of the molecule is CC(C)c1cc2c(N3CCCC(C(=O)O)C3)nccn2n1. The number of hydrogen-bond donors (Lipinski definition) is 1. The van der Waals surface area contributed by atoms with Crippen molar-refractivity contribution in [3.8, 4) is 0 Å². The fraction of sp³-hybridized carbons (Fsp3) is 0.533. The maximum Gasteiger partial charge on any atom is 0.308 e. The van der Waals surface area contributed by atoms with Crippen LogP contribution in [0.1, 0.15) is 38.3 Å². The van der Waals surface area contributed by atoms with Crippen molar-refractivity contribution < 1.29 is 9.90 Å². The molecule has 112 valence electrons. The van der Waals surface area contributed by atoms with Gasteiger partial charge in [0.15, 0.2) is 5.82 Å². The summed E-state index contributed by atoms with van der Waals surface area (Å²) in [5.41, 5.74) is 1.98. The highest BCUT2D eigenvalue weighted by Gasteiger charge is 2.27. The molecule has 6 heteroatoms. The summed E-state index contributed by atoms with van der Waals surface area (Å²) in [6, 6.07) is 2.05. The van der Waals surface area contributed by atoms with Crippen LogP contribution in [0.2, 0.25) is 0 Å². The molecule has 3 heterocycles.